The number of hydrogen-bond acceptors (Lipinski definition) is 4. The normalized spacial score (nSPS) is 8.85. The molecule has 4 heteroatoms. The molecule has 0 radical (unpaired) electrons. The van der Waals surface area contributed by atoms with Crippen LogP contribution in [0.5, 0.6) is 0 Å². The lowest BCUT2D eigenvalue weighted by Gasteiger charge is -2.14. The van der Waals surface area contributed by atoms with Crippen LogP contribution in [0.1, 0.15) is 40.5 Å². The van der Waals surface area contributed by atoms with Gasteiger partial charge in [0.2, 0.25) is 0 Å². The molecule has 0 heterocycles. The molecule has 0 bridgehead atoms. The Balaban J connectivity index is -0.000000131. The number of rotatable bonds is 2. The molecule has 1 N–H and O–H groups in total. The van der Waals surface area contributed by atoms with E-state index >= 15 is 0 Å². The van der Waals surface area contributed by atoms with Gasteiger partial charge in [0, 0.05) is 12.0 Å². The molecule has 0 aliphatic heterocycles. The average Bonchev–Trinajstić information content (AvgIpc) is 2.09. The van der Waals surface area contributed by atoms with E-state index in [2.05, 4.69) is 50.9 Å². The zero-order valence-corrected chi connectivity index (χ0v) is 11.1. The predicted octanol–water partition coefficient (Wildman–Crippen LogP) is 2.75. The summed E-state index contributed by atoms with van der Waals surface area (Å²) in [5, 5.41) is 0. The molecule has 0 fully saturated rings. The number of carbonyl (C=O) groups is 1. The lowest BCUT2D eigenvalue weighted by molar-refractivity contribution is -0.107. The Labute approximate surface area is 93.8 Å². The van der Waals surface area contributed by atoms with Crippen LogP contribution in [0.2, 0.25) is 0 Å². The molecule has 0 aromatic carbocycles. The highest BCUT2D eigenvalue weighted by Gasteiger charge is 2.02. The van der Waals surface area contributed by atoms with Crippen molar-refractivity contribution >= 4 is 31.7 Å². The minimum atomic E-state index is 0.156. The largest absolute Gasteiger partial charge is 0.303 e. The molecule has 13 heavy (non-hydrogen) atoms. The van der Waals surface area contributed by atoms with Gasteiger partial charge in [-0.25, -0.2) is 0 Å². The maximum Gasteiger partial charge on any atom is 0.119 e. The Morgan fingerprint density at radius 2 is 1.62 bits per heavy atom. The van der Waals surface area contributed by atoms with E-state index in [0.717, 1.165) is 12.7 Å². The third-order valence-electron chi connectivity index (χ3n) is 0.742. The van der Waals surface area contributed by atoms with Gasteiger partial charge in [-0.05, 0) is 33.4 Å². The van der Waals surface area contributed by atoms with Crippen molar-refractivity contribution in [3.8, 4) is 0 Å². The summed E-state index contributed by atoms with van der Waals surface area (Å²) in [6.45, 7) is 8.15. The molecule has 0 unspecified atom stereocenters. The van der Waals surface area contributed by atoms with Crippen LogP contribution in [-0.2, 0) is 4.79 Å². The molecule has 0 aliphatic rings. The molecule has 0 atom stereocenters. The number of hydrogen-bond donors (Lipinski definition) is 3. The molecule has 0 saturated carbocycles. The topological polar surface area (TPSA) is 29.1 Å². The Kier molecular flexibility index (Phi) is 21.7. The van der Waals surface area contributed by atoms with Crippen LogP contribution in [0.15, 0.2) is 0 Å². The summed E-state index contributed by atoms with van der Waals surface area (Å²) in [6, 6.07) is 0. The zero-order chi connectivity index (χ0) is 11.3. The Morgan fingerprint density at radius 1 is 1.31 bits per heavy atom. The fourth-order valence-corrected chi connectivity index (χ4v) is 0.118. The van der Waals surface area contributed by atoms with Crippen LogP contribution >= 0.6 is 25.4 Å². The van der Waals surface area contributed by atoms with Crippen LogP contribution in [0.3, 0.4) is 0 Å². The fourth-order valence-electron chi connectivity index (χ4n) is 0.118. The van der Waals surface area contributed by atoms with Gasteiger partial charge in [0.25, 0.3) is 0 Å². The van der Waals surface area contributed by atoms with Crippen molar-refractivity contribution in [3.63, 3.8) is 0 Å². The van der Waals surface area contributed by atoms with Crippen molar-refractivity contribution < 1.29 is 4.79 Å². The number of nitrogens with one attached hydrogen (secondary N) is 1. The van der Waals surface area contributed by atoms with E-state index in [1.807, 2.05) is 6.92 Å². The van der Waals surface area contributed by atoms with Crippen LogP contribution < -0.4 is 4.72 Å². The second kappa shape index (κ2) is 14.8. The average molecular weight is 225 g/mol. The zero-order valence-electron chi connectivity index (χ0n) is 9.29. The van der Waals surface area contributed by atoms with E-state index in [1.165, 1.54) is 0 Å². The monoisotopic (exact) mass is 225 g/mol. The lowest BCUT2D eigenvalue weighted by Crippen LogP contribution is -2.27. The number of unbranched alkanes of at least 4 members (excludes halogenated alkanes) is 1. The molecule has 0 saturated heterocycles. The van der Waals surface area contributed by atoms with Gasteiger partial charge in [-0.3, -0.25) is 4.72 Å². The third kappa shape index (κ3) is 46.3. The molecular weight excluding hydrogens is 202 g/mol. The van der Waals surface area contributed by atoms with Gasteiger partial charge in [-0.15, -0.1) is 0 Å². The highest BCUT2D eigenvalue weighted by molar-refractivity contribution is 7.79. The Bertz CT molecular complexity index is 92.1. The van der Waals surface area contributed by atoms with E-state index in [4.69, 9.17) is 0 Å². The van der Waals surface area contributed by atoms with Crippen molar-refractivity contribution in [2.75, 3.05) is 6.26 Å². The van der Waals surface area contributed by atoms with E-state index in [0.29, 0.717) is 6.42 Å². The van der Waals surface area contributed by atoms with Gasteiger partial charge < -0.3 is 4.79 Å². The predicted molar refractivity (Wildman–Crippen MR) is 67.8 cm³/mol. The lowest BCUT2D eigenvalue weighted by atomic mass is 10.1. The number of aldehydes is 1. The molecule has 0 aromatic heterocycles. The molecule has 82 valence electrons. The SMILES string of the molecule is CC(C)(C)NS.CCCC=O.CS. The number of thiol groups is 2. The molecule has 0 aromatic rings. The van der Waals surface area contributed by atoms with Gasteiger partial charge in [-0.2, -0.15) is 12.6 Å². The highest BCUT2D eigenvalue weighted by Crippen LogP contribution is 1.97. The van der Waals surface area contributed by atoms with Gasteiger partial charge >= 0.3 is 0 Å². The van der Waals surface area contributed by atoms with E-state index in [-0.39, 0.29) is 5.54 Å². The first kappa shape index (κ1) is 19.0. The quantitative estimate of drug-likeness (QED) is 0.498. The smallest absolute Gasteiger partial charge is 0.119 e. The Hall–Kier alpha value is 0.330. The summed E-state index contributed by atoms with van der Waals surface area (Å²) in [5.74, 6) is 0. The van der Waals surface area contributed by atoms with Gasteiger partial charge in [0.1, 0.15) is 6.29 Å². The van der Waals surface area contributed by atoms with Crippen LogP contribution in [0.25, 0.3) is 0 Å². The van der Waals surface area contributed by atoms with Crippen LogP contribution in [0, 0.1) is 0 Å². The molecule has 0 spiro atoms. The van der Waals surface area contributed by atoms with Crippen molar-refractivity contribution in [2.24, 2.45) is 0 Å². The third-order valence-corrected chi connectivity index (χ3v) is 1.41. The number of carbonyl (C=O) groups excluding carboxylic acids is 1. The maximum absolute atomic E-state index is 9.40. The fraction of sp³-hybridized carbons (Fsp3) is 0.889. The molecule has 0 aliphatic carbocycles. The van der Waals surface area contributed by atoms with Crippen molar-refractivity contribution in [1.82, 2.24) is 4.72 Å². The minimum Gasteiger partial charge on any atom is -0.303 e. The van der Waals surface area contributed by atoms with E-state index < -0.39 is 0 Å². The van der Waals surface area contributed by atoms with Gasteiger partial charge in [-0.1, -0.05) is 19.7 Å². The van der Waals surface area contributed by atoms with Gasteiger partial charge in [0.15, 0.2) is 0 Å². The highest BCUT2D eigenvalue weighted by atomic mass is 32.1. The Morgan fingerprint density at radius 3 is 1.62 bits per heavy atom. The first-order chi connectivity index (χ1) is 5.97. The summed E-state index contributed by atoms with van der Waals surface area (Å²) < 4.78 is 2.80. The minimum absolute atomic E-state index is 0.156. The molecular formula is C9H23NOS2. The van der Waals surface area contributed by atoms with Crippen LogP contribution in [-0.4, -0.2) is 18.1 Å². The summed E-state index contributed by atoms with van der Waals surface area (Å²) in [6.07, 6.45) is 4.31. The first-order valence-electron chi connectivity index (χ1n) is 4.27. The van der Waals surface area contributed by atoms with Gasteiger partial charge in [0.05, 0.1) is 0 Å². The summed E-state index contributed by atoms with van der Waals surface area (Å²) in [4.78, 5) is 9.40. The summed E-state index contributed by atoms with van der Waals surface area (Å²) in [5.41, 5.74) is 0.156. The second-order valence-electron chi connectivity index (χ2n) is 3.32. The van der Waals surface area contributed by atoms with Crippen molar-refractivity contribution in [2.45, 2.75) is 46.1 Å². The molecule has 2 nitrogen and oxygen atoms in total. The standard InChI is InChI=1S/C4H11NS.C4H8O.CH4S/c1-4(2,3)5-6;1-2-3-4-5;1-2/h5-6H,1-3H3;4H,2-3H2,1H3;2H,1H3. The van der Waals surface area contributed by atoms with E-state index in [1.54, 1.807) is 6.26 Å². The first-order valence-corrected chi connectivity index (χ1v) is 5.61. The van der Waals surface area contributed by atoms with E-state index in [9.17, 15) is 4.79 Å². The molecule has 0 amide bonds. The van der Waals surface area contributed by atoms with Crippen LogP contribution in [0.4, 0.5) is 0 Å². The summed E-state index contributed by atoms with van der Waals surface area (Å²) in [7, 11) is 0. The summed E-state index contributed by atoms with van der Waals surface area (Å²) >= 11 is 7.38. The van der Waals surface area contributed by atoms with Crippen molar-refractivity contribution in [3.05, 3.63) is 0 Å². The second-order valence-corrected chi connectivity index (χ2v) is 3.54. The molecule has 0 rings (SSSR count). The van der Waals surface area contributed by atoms with Crippen molar-refractivity contribution in [1.29, 1.82) is 0 Å². The maximum atomic E-state index is 9.40.